The number of nitrogens with two attached hydrogens (primary N) is 7. The Morgan fingerprint density at radius 1 is 0.388 bits per heavy atom. The van der Waals surface area contributed by atoms with Crippen LogP contribution in [0.2, 0.25) is 0 Å². The van der Waals surface area contributed by atoms with Crippen LogP contribution < -0.4 is 40.1 Å². The number of ether oxygens (including phenoxy) is 1. The number of ketones is 3. The lowest BCUT2D eigenvalue weighted by Gasteiger charge is -2.16. The first-order valence-corrected chi connectivity index (χ1v) is 49.4. The zero-order valence-corrected chi connectivity index (χ0v) is 79.5. The van der Waals surface area contributed by atoms with Gasteiger partial charge >= 0.3 is 0 Å². The average Bonchev–Trinajstić information content (AvgIpc) is 0.844. The van der Waals surface area contributed by atoms with E-state index in [-0.39, 0.29) is 29.1 Å². The van der Waals surface area contributed by atoms with E-state index in [9.17, 15) is 14.4 Å². The van der Waals surface area contributed by atoms with Gasteiger partial charge in [0.15, 0.2) is 40.8 Å². The highest BCUT2D eigenvalue weighted by Crippen LogP contribution is 2.29. The van der Waals surface area contributed by atoms with Crippen molar-refractivity contribution in [2.75, 3.05) is 64.6 Å². The van der Waals surface area contributed by atoms with E-state index >= 15 is 0 Å². The second kappa shape index (κ2) is 60.3. The number of methoxy groups -OCH3 is 1. The smallest absolute Gasteiger partial charge is 0.192 e. The maximum Gasteiger partial charge on any atom is 0.192 e. The molecule has 31 heteroatoms. The summed E-state index contributed by atoms with van der Waals surface area (Å²) >= 11 is 10.7. The number of nitriles is 1. The van der Waals surface area contributed by atoms with Crippen molar-refractivity contribution < 1.29 is 19.1 Å². The lowest BCUT2D eigenvalue weighted by Crippen LogP contribution is -2.22. The van der Waals surface area contributed by atoms with E-state index in [1.54, 1.807) is 78.0 Å². The highest BCUT2D eigenvalue weighted by molar-refractivity contribution is 7.99. The summed E-state index contributed by atoms with van der Waals surface area (Å²) in [5, 5.41) is 22.6. The Hall–Kier alpha value is -11.5. The van der Waals surface area contributed by atoms with Crippen LogP contribution in [0, 0.1) is 22.1 Å². The summed E-state index contributed by atoms with van der Waals surface area (Å²) < 4.78 is 4.76. The Balaban J connectivity index is 0.000000219. The van der Waals surface area contributed by atoms with E-state index in [2.05, 4.69) is 82.4 Å². The zero-order chi connectivity index (χ0) is 92.8. The van der Waals surface area contributed by atoms with Gasteiger partial charge in [0, 0.05) is 184 Å². The molecule has 678 valence electrons. The molecule has 129 heavy (non-hydrogen) atoms. The molecule has 12 rings (SSSR count). The molecular formula is C98H121N21O4S6. The molecule has 25 nitrogen and oxygen atoms in total. The van der Waals surface area contributed by atoms with E-state index < -0.39 is 0 Å². The maximum atomic E-state index is 12.7. The number of hydrogen-bond donors (Lipinski definition) is 9. The first-order chi connectivity index (χ1) is 62.4. The quantitative estimate of drug-likeness (QED) is 0.00978. The van der Waals surface area contributed by atoms with Crippen LogP contribution in [0.1, 0.15) is 162 Å². The normalized spacial score (nSPS) is 12.7. The monoisotopic (exact) mass is 1850 g/mol. The van der Waals surface area contributed by atoms with Crippen LogP contribution in [-0.2, 0) is 72.9 Å². The number of benzene rings is 3. The van der Waals surface area contributed by atoms with Gasteiger partial charge in [-0.3, -0.25) is 40.2 Å². The van der Waals surface area contributed by atoms with Crippen molar-refractivity contribution in [3.05, 3.63) is 285 Å². The molecule has 0 amide bonds. The van der Waals surface area contributed by atoms with Crippen LogP contribution in [0.25, 0.3) is 0 Å². The largest absolute Gasteiger partial charge is 0.484 e. The number of pyridine rings is 6. The molecule has 0 saturated heterocycles. The van der Waals surface area contributed by atoms with Gasteiger partial charge in [0.2, 0.25) is 0 Å². The van der Waals surface area contributed by atoms with Gasteiger partial charge in [0.1, 0.15) is 23.3 Å². The Bertz CT molecular complexity index is 5220. The summed E-state index contributed by atoms with van der Waals surface area (Å²) in [6.07, 6.45) is 21.1. The number of nitrogens with one attached hydrogen (secondary N) is 2. The minimum Gasteiger partial charge on any atom is -0.484 e. The first kappa shape index (κ1) is 105. The highest BCUT2D eigenvalue weighted by atomic mass is 32.2. The molecule has 0 bridgehead atoms. The van der Waals surface area contributed by atoms with Gasteiger partial charge in [-0.05, 0) is 233 Å². The molecule has 0 radical (unpaired) electrons. The van der Waals surface area contributed by atoms with Gasteiger partial charge in [0.05, 0.1) is 19.0 Å². The predicted octanol–water partition coefficient (Wildman–Crippen LogP) is 19.6. The third kappa shape index (κ3) is 43.9. The average molecular weight is 1850 g/mol. The summed E-state index contributed by atoms with van der Waals surface area (Å²) in [6.45, 7) is 9.83. The molecule has 0 fully saturated rings. The Kier molecular flexibility index (Phi) is 48.9. The van der Waals surface area contributed by atoms with Crippen molar-refractivity contribution in [1.82, 2.24) is 29.9 Å². The van der Waals surface area contributed by atoms with Crippen molar-refractivity contribution in [3.8, 4) is 6.07 Å². The minimum absolute atomic E-state index is 0.00107. The maximum absolute atomic E-state index is 12.7. The zero-order valence-electron chi connectivity index (χ0n) is 74.6. The number of allylic oxidation sites excluding steroid dienone is 6. The van der Waals surface area contributed by atoms with Crippen molar-refractivity contribution in [3.63, 3.8) is 0 Å². The first-order valence-electron chi connectivity index (χ1n) is 42.5. The standard InChI is InChI=1S/C25H29N3OS.C23H27N5OS.C22H25N3OS.C10H15N3OS.C9H14N4S.C9H11N3S/c1-18(2)27-25-15-21(11-13-26-25)17-30-14-12-22-16-24(29)23(19(3)28-22)10-9-20-7-5-4-6-8-20;1-16-20(8-7-17-5-3-2-4-6-17)21(29)14-19(27-16)10-12-30-15-18-9-11-26-22(13-18)28-23(24)25;1-16-20(8-7-17-5-3-2-4-6-17)21(26)14-19(25-16)10-12-27-15-18-9-11-24-22(23)13-18;1-14-10(12)3-5-15-7-8-2-4-13-9(11)6-8;10-8(11)2-4-14-6-7-1-3-13-9(12)5-7;10-3-1-5-13-7-8-2-4-12-9(11)6-8/h4-8,11,13,15H,9-10,12,14,16-17H2,1-3H3;2-6,9,11,13H,7-8,10,12,14-15H2,1H3,(H4,24,25,26,28);2-6,9,11,13H,7-8,10,12,14-15H2,1H3,(H2,23,24);2,4,6,12H,3,5,7H2,1H3,(H2,11,13);1,3,5H,2,4,6H2,(H3,10,11)(H2,12,13);2,4,6H,1,5,7H2,(H2,11,12). The number of carbonyl (C=O) groups is 3. The number of aryl methyl sites for hydroxylation is 3. The molecule has 3 aliphatic heterocycles. The second-order valence-electron chi connectivity index (χ2n) is 30.1. The number of thioether (sulfide) groups is 6. The van der Waals surface area contributed by atoms with Crippen molar-refractivity contribution in [1.29, 1.82) is 16.1 Å². The number of aliphatic imine (C=N–C) groups is 5. The minimum atomic E-state index is -0.00107. The predicted molar refractivity (Wildman–Crippen MR) is 547 cm³/mol. The number of aromatic nitrogens is 6. The number of nitrogen functional groups attached to an aromatic ring is 4. The van der Waals surface area contributed by atoms with Crippen molar-refractivity contribution in [2.45, 2.75) is 165 Å². The van der Waals surface area contributed by atoms with Gasteiger partial charge < -0.3 is 44.9 Å². The summed E-state index contributed by atoms with van der Waals surface area (Å²) in [7, 11) is 1.52. The van der Waals surface area contributed by atoms with Crippen LogP contribution >= 0.6 is 70.6 Å². The Morgan fingerprint density at radius 3 is 0.969 bits per heavy atom. The van der Waals surface area contributed by atoms with Crippen LogP contribution in [0.3, 0.4) is 0 Å². The summed E-state index contributed by atoms with van der Waals surface area (Å²) in [5.41, 5.74) is 58.4. The number of amidine groups is 1. The molecule has 0 saturated carbocycles. The Labute approximate surface area is 785 Å². The van der Waals surface area contributed by atoms with Crippen LogP contribution in [0.15, 0.2) is 260 Å². The fraction of sp³-hybridized carbons (Fsp3) is 0.337. The van der Waals surface area contributed by atoms with Crippen LogP contribution in [-0.4, -0.2) is 129 Å². The summed E-state index contributed by atoms with van der Waals surface area (Å²) in [5.74, 6) is 15.5. The highest BCUT2D eigenvalue weighted by Gasteiger charge is 2.24. The van der Waals surface area contributed by atoms with Crippen molar-refractivity contribution >= 4 is 163 Å². The van der Waals surface area contributed by atoms with E-state index in [1.807, 2.05) is 192 Å². The molecular weight excluding hydrogens is 1730 g/mol. The van der Waals surface area contributed by atoms with Gasteiger partial charge in [-0.25, -0.2) is 34.9 Å². The number of rotatable bonds is 40. The van der Waals surface area contributed by atoms with Crippen LogP contribution in [0.4, 0.5) is 34.9 Å². The molecule has 0 spiro atoms. The topological polar surface area (TPSA) is 453 Å². The molecule has 0 aliphatic carbocycles. The molecule has 3 aromatic carbocycles. The molecule has 3 aliphatic rings. The number of Topliss-reactive ketones (excluding diaryl/α,β-unsaturated/α-hetero) is 3. The number of guanidine groups is 1. The third-order valence-electron chi connectivity index (χ3n) is 19.3. The van der Waals surface area contributed by atoms with Gasteiger partial charge in [-0.1, -0.05) is 91.0 Å². The van der Waals surface area contributed by atoms with Gasteiger partial charge in [-0.15, -0.1) is 0 Å². The third-order valence-corrected chi connectivity index (χ3v) is 25.5. The number of carbonyl (C=O) groups excluding carboxylic acids is 3. The fourth-order valence-corrected chi connectivity index (χ4v) is 18.3. The van der Waals surface area contributed by atoms with Crippen molar-refractivity contribution in [2.24, 2.45) is 42.2 Å². The summed E-state index contributed by atoms with van der Waals surface area (Å²) in [4.78, 5) is 84.6. The van der Waals surface area contributed by atoms with E-state index in [1.165, 1.54) is 34.9 Å². The molecule has 9 aromatic rings. The van der Waals surface area contributed by atoms with Gasteiger partial charge in [-0.2, -0.15) is 80.8 Å². The fourth-order valence-electron chi connectivity index (χ4n) is 12.8. The van der Waals surface area contributed by atoms with Crippen LogP contribution in [0.5, 0.6) is 0 Å². The van der Waals surface area contributed by atoms with Gasteiger partial charge in [0.25, 0.3) is 0 Å². The molecule has 6 aromatic heterocycles. The lowest BCUT2D eigenvalue weighted by atomic mass is 9.94. The number of nitrogens with zero attached hydrogens (tertiary/aromatic N) is 12. The number of anilines is 4. The number of hydrogen-bond acceptors (Lipinski definition) is 28. The Morgan fingerprint density at radius 2 is 0.682 bits per heavy atom. The molecule has 0 unspecified atom stereocenters. The van der Waals surface area contributed by atoms with E-state index in [0.29, 0.717) is 73.5 Å². The van der Waals surface area contributed by atoms with E-state index in [0.717, 1.165) is 212 Å². The SMILES string of the molecule is CC(C)=Nc1cc(CSCCC2=NC(C)=C(CCc3ccccc3)C(=O)C2)ccn1.CC1=C(CCc2ccccc2)C(=O)CC(CCSCc2ccnc(N)c2)=N1.CC1=C(CCc2ccccc2)C(=O)CC(CCSCc2ccnc(N=C(N)N)c2)=N1.COC(=N)CCSCc1ccnc(N)c1.N#CCCSCc1ccnc(N)c1.N=C(N)CCSCc1ccnc(N)c1. The molecule has 0 atom stereocenters. The van der Waals surface area contributed by atoms with E-state index in [4.69, 9.17) is 75.9 Å². The molecule has 9 heterocycles. The second-order valence-corrected chi connectivity index (χ2v) is 36.7. The lowest BCUT2D eigenvalue weighted by molar-refractivity contribution is -0.115. The molecule has 16 N–H and O–H groups in total. The summed E-state index contributed by atoms with van der Waals surface area (Å²) in [6, 6.07) is 56.2.